The van der Waals surface area contributed by atoms with E-state index in [1.807, 2.05) is 0 Å². The third kappa shape index (κ3) is 3.63. The van der Waals surface area contributed by atoms with Gasteiger partial charge in [0.1, 0.15) is 4.90 Å². The van der Waals surface area contributed by atoms with Crippen molar-refractivity contribution < 1.29 is 21.6 Å². The largest absolute Gasteiger partial charge is 0.246 e. The lowest BCUT2D eigenvalue weighted by atomic mass is 10.2. The van der Waals surface area contributed by atoms with Crippen LogP contribution in [0.3, 0.4) is 0 Å². The number of halogens is 5. The highest BCUT2D eigenvalue weighted by Crippen LogP contribution is 2.26. The number of benzene rings is 2. The molecule has 0 fully saturated rings. The zero-order valence-electron chi connectivity index (χ0n) is 11.7. The van der Waals surface area contributed by atoms with Crippen molar-refractivity contribution in [1.82, 2.24) is 4.31 Å². The van der Waals surface area contributed by atoms with Gasteiger partial charge in [-0.15, -0.1) is 0 Å². The second-order valence-electron chi connectivity index (χ2n) is 4.68. The maximum absolute atomic E-state index is 13.7. The molecule has 9 heteroatoms. The van der Waals surface area contributed by atoms with Crippen molar-refractivity contribution in [2.24, 2.45) is 0 Å². The van der Waals surface area contributed by atoms with Crippen LogP contribution in [0.5, 0.6) is 0 Å². The van der Waals surface area contributed by atoms with Gasteiger partial charge in [-0.05, 0) is 29.8 Å². The van der Waals surface area contributed by atoms with E-state index in [4.69, 9.17) is 23.2 Å². The zero-order chi connectivity index (χ0) is 17.4. The van der Waals surface area contributed by atoms with E-state index < -0.39 is 32.4 Å². The van der Waals surface area contributed by atoms with E-state index in [0.29, 0.717) is 22.7 Å². The number of nitrogens with zero attached hydrogens (tertiary/aromatic N) is 1. The van der Waals surface area contributed by atoms with Crippen LogP contribution in [0.2, 0.25) is 10.0 Å². The summed E-state index contributed by atoms with van der Waals surface area (Å²) in [5.74, 6) is -5.06. The van der Waals surface area contributed by atoms with Crippen molar-refractivity contribution in [3.8, 4) is 0 Å². The molecule has 0 bridgehead atoms. The van der Waals surface area contributed by atoms with Crippen molar-refractivity contribution in [2.75, 3.05) is 7.05 Å². The maximum atomic E-state index is 13.7. The lowest BCUT2D eigenvalue weighted by Crippen LogP contribution is -2.27. The lowest BCUT2D eigenvalue weighted by Gasteiger charge is -2.18. The molecular weight excluding hydrogens is 374 g/mol. The topological polar surface area (TPSA) is 37.4 Å². The third-order valence-electron chi connectivity index (χ3n) is 3.08. The minimum atomic E-state index is -4.35. The Labute approximate surface area is 141 Å². The van der Waals surface area contributed by atoms with Crippen LogP contribution in [0, 0.1) is 17.5 Å². The normalized spacial score (nSPS) is 12.0. The summed E-state index contributed by atoms with van der Waals surface area (Å²) in [6.07, 6.45) is 0. The van der Waals surface area contributed by atoms with Gasteiger partial charge in [0.2, 0.25) is 10.0 Å². The van der Waals surface area contributed by atoms with E-state index in [1.165, 1.54) is 19.2 Å². The van der Waals surface area contributed by atoms with Crippen molar-refractivity contribution >= 4 is 33.2 Å². The molecule has 0 atom stereocenters. The highest BCUT2D eigenvalue weighted by atomic mass is 35.5. The van der Waals surface area contributed by atoms with Crippen LogP contribution in [0.4, 0.5) is 13.2 Å². The molecule has 0 aromatic heterocycles. The van der Waals surface area contributed by atoms with Gasteiger partial charge in [-0.2, -0.15) is 4.31 Å². The van der Waals surface area contributed by atoms with E-state index in [0.717, 1.165) is 4.31 Å². The minimum Gasteiger partial charge on any atom is -0.207 e. The monoisotopic (exact) mass is 383 g/mol. The maximum Gasteiger partial charge on any atom is 0.246 e. The molecule has 0 radical (unpaired) electrons. The van der Waals surface area contributed by atoms with Crippen LogP contribution < -0.4 is 0 Å². The van der Waals surface area contributed by atoms with Gasteiger partial charge in [0.05, 0.1) is 10.0 Å². The molecule has 0 spiro atoms. The van der Waals surface area contributed by atoms with Gasteiger partial charge in [0.25, 0.3) is 0 Å². The summed E-state index contributed by atoms with van der Waals surface area (Å²) < 4.78 is 65.3. The summed E-state index contributed by atoms with van der Waals surface area (Å²) in [6, 6.07) is 5.71. The molecule has 0 aliphatic carbocycles. The second-order valence-corrected chi connectivity index (χ2v) is 7.51. The van der Waals surface area contributed by atoms with Crippen LogP contribution in [0.15, 0.2) is 35.2 Å². The highest BCUT2D eigenvalue weighted by molar-refractivity contribution is 7.89. The highest BCUT2D eigenvalue weighted by Gasteiger charge is 2.28. The Balaban J connectivity index is 2.35. The summed E-state index contributed by atoms with van der Waals surface area (Å²) in [4.78, 5) is -0.945. The molecule has 0 heterocycles. The van der Waals surface area contributed by atoms with Crippen LogP contribution in [-0.2, 0) is 16.6 Å². The van der Waals surface area contributed by atoms with Crippen molar-refractivity contribution in [2.45, 2.75) is 11.4 Å². The first kappa shape index (κ1) is 18.1. The number of hydrogen-bond donors (Lipinski definition) is 0. The van der Waals surface area contributed by atoms with Crippen molar-refractivity contribution in [1.29, 1.82) is 0 Å². The standard InChI is InChI=1S/C14H10Cl2F3NO2S/c1-20(7-8-2-3-9(15)10(16)6-8)23(21,22)12-5-4-11(17)13(18)14(12)19/h2-6H,7H2,1H3. The van der Waals surface area contributed by atoms with Gasteiger partial charge in [0, 0.05) is 13.6 Å². The summed E-state index contributed by atoms with van der Waals surface area (Å²) in [5.41, 5.74) is 0.494. The molecule has 0 saturated carbocycles. The molecule has 23 heavy (non-hydrogen) atoms. The summed E-state index contributed by atoms with van der Waals surface area (Å²) in [7, 11) is -3.18. The first-order valence-electron chi connectivity index (χ1n) is 6.18. The Kier molecular flexibility index (Phi) is 5.25. The van der Waals surface area contributed by atoms with Gasteiger partial charge >= 0.3 is 0 Å². The predicted octanol–water partition coefficient (Wildman–Crippen LogP) is 4.23. The fraction of sp³-hybridized carbons (Fsp3) is 0.143. The average molecular weight is 384 g/mol. The van der Waals surface area contributed by atoms with Crippen LogP contribution >= 0.6 is 23.2 Å². The molecule has 3 nitrogen and oxygen atoms in total. The van der Waals surface area contributed by atoms with E-state index >= 15 is 0 Å². The van der Waals surface area contributed by atoms with Gasteiger partial charge in [-0.25, -0.2) is 21.6 Å². The Morgan fingerprint density at radius 1 is 1.00 bits per heavy atom. The van der Waals surface area contributed by atoms with E-state index in [1.54, 1.807) is 6.07 Å². The number of rotatable bonds is 4. The second kappa shape index (κ2) is 6.68. The Bertz CT molecular complexity index is 859. The molecule has 2 rings (SSSR count). The SMILES string of the molecule is CN(Cc1ccc(Cl)c(Cl)c1)S(=O)(=O)c1ccc(F)c(F)c1F. The molecule has 0 aliphatic heterocycles. The lowest BCUT2D eigenvalue weighted by molar-refractivity contribution is 0.421. The van der Waals surface area contributed by atoms with Crippen molar-refractivity contribution in [3.63, 3.8) is 0 Å². The van der Waals surface area contributed by atoms with E-state index in [2.05, 4.69) is 0 Å². The molecule has 2 aromatic carbocycles. The van der Waals surface area contributed by atoms with E-state index in [9.17, 15) is 21.6 Å². The molecule has 2 aromatic rings. The average Bonchev–Trinajstić information content (AvgIpc) is 2.48. The minimum absolute atomic E-state index is 0.155. The Morgan fingerprint density at radius 3 is 2.26 bits per heavy atom. The quantitative estimate of drug-likeness (QED) is 0.740. The van der Waals surface area contributed by atoms with E-state index in [-0.39, 0.29) is 11.6 Å². The van der Waals surface area contributed by atoms with Gasteiger partial charge in [-0.1, -0.05) is 29.3 Å². The van der Waals surface area contributed by atoms with Gasteiger partial charge in [0.15, 0.2) is 17.5 Å². The molecule has 0 unspecified atom stereocenters. The Hall–Kier alpha value is -1.28. The Morgan fingerprint density at radius 2 is 1.65 bits per heavy atom. The summed E-state index contributed by atoms with van der Waals surface area (Å²) in [6.45, 7) is -0.155. The molecule has 0 saturated heterocycles. The fourth-order valence-electron chi connectivity index (χ4n) is 1.86. The predicted molar refractivity (Wildman–Crippen MR) is 81.4 cm³/mol. The summed E-state index contributed by atoms with van der Waals surface area (Å²) in [5, 5.41) is 0.529. The van der Waals surface area contributed by atoms with Crippen LogP contribution in [0.1, 0.15) is 5.56 Å². The van der Waals surface area contributed by atoms with Crippen molar-refractivity contribution in [3.05, 3.63) is 63.4 Å². The first-order valence-corrected chi connectivity index (χ1v) is 8.38. The molecule has 124 valence electrons. The van der Waals surface area contributed by atoms with Gasteiger partial charge < -0.3 is 0 Å². The number of hydrogen-bond acceptors (Lipinski definition) is 2. The molecule has 0 aliphatic rings. The molecular formula is C14H10Cl2F3NO2S. The third-order valence-corrected chi connectivity index (χ3v) is 5.64. The summed E-state index contributed by atoms with van der Waals surface area (Å²) >= 11 is 11.6. The smallest absolute Gasteiger partial charge is 0.207 e. The van der Waals surface area contributed by atoms with Crippen LogP contribution in [0.25, 0.3) is 0 Å². The first-order chi connectivity index (χ1) is 10.6. The molecule has 0 amide bonds. The molecule has 0 N–H and O–H groups in total. The van der Waals surface area contributed by atoms with Crippen LogP contribution in [-0.4, -0.2) is 19.8 Å². The fourth-order valence-corrected chi connectivity index (χ4v) is 3.39. The van der Waals surface area contributed by atoms with Gasteiger partial charge in [-0.3, -0.25) is 0 Å². The number of sulfonamides is 1. The zero-order valence-corrected chi connectivity index (χ0v) is 14.0.